The van der Waals surface area contributed by atoms with E-state index < -0.39 is 34.8 Å². The van der Waals surface area contributed by atoms with Crippen LogP contribution in [0.2, 0.25) is 0 Å². The SMILES string of the molecule is COc1cc2nccc(Oc3c(F)cc(NC(=O)c4cnccc4OC)cc3F)c2cc1OC1(C(N)=O)CC1. The molecule has 0 atom stereocenters. The van der Waals surface area contributed by atoms with Crippen molar-refractivity contribution >= 4 is 28.4 Å². The third-order valence-corrected chi connectivity index (χ3v) is 6.16. The minimum atomic E-state index is -1.14. The molecule has 1 aliphatic carbocycles. The first kappa shape index (κ1) is 25.6. The van der Waals surface area contributed by atoms with E-state index in [2.05, 4.69) is 15.3 Å². The number of primary amides is 1. The zero-order valence-electron chi connectivity index (χ0n) is 20.8. The molecule has 0 aliphatic heterocycles. The van der Waals surface area contributed by atoms with Crippen molar-refractivity contribution < 1.29 is 37.3 Å². The molecule has 0 radical (unpaired) electrons. The number of nitrogens with two attached hydrogens (primary N) is 1. The van der Waals surface area contributed by atoms with Crippen molar-refractivity contribution in [2.75, 3.05) is 19.5 Å². The third kappa shape index (κ3) is 4.96. The standard InChI is InChI=1S/C27H22F2N4O6/c1-36-20-3-7-31-13-16(20)25(34)33-14-9-17(28)24(18(29)10-14)38-21-4-8-32-19-12-22(37-2)23(11-15(19)21)39-27(5-6-27)26(30)35/h3-4,7-13H,5-6H2,1-2H3,(H2,30,35)(H,33,34). The van der Waals surface area contributed by atoms with E-state index in [0.29, 0.717) is 29.5 Å². The summed E-state index contributed by atoms with van der Waals surface area (Å²) < 4.78 is 52.1. The van der Waals surface area contributed by atoms with Gasteiger partial charge < -0.3 is 30.0 Å². The van der Waals surface area contributed by atoms with Crippen molar-refractivity contribution in [3.8, 4) is 28.7 Å². The lowest BCUT2D eigenvalue weighted by Crippen LogP contribution is -2.35. The van der Waals surface area contributed by atoms with Crippen molar-refractivity contribution in [3.63, 3.8) is 0 Å². The summed E-state index contributed by atoms with van der Waals surface area (Å²) in [7, 11) is 2.81. The monoisotopic (exact) mass is 536 g/mol. The molecule has 1 aliphatic rings. The second-order valence-electron chi connectivity index (χ2n) is 8.69. The molecule has 10 nitrogen and oxygen atoms in total. The minimum absolute atomic E-state index is 0.0612. The summed E-state index contributed by atoms with van der Waals surface area (Å²) >= 11 is 0. The number of anilines is 1. The van der Waals surface area contributed by atoms with Crippen molar-refractivity contribution in [1.82, 2.24) is 9.97 Å². The fourth-order valence-electron chi connectivity index (χ4n) is 3.95. The first-order chi connectivity index (χ1) is 18.7. The van der Waals surface area contributed by atoms with Gasteiger partial charge in [-0.05, 0) is 18.2 Å². The average Bonchev–Trinajstić information content (AvgIpc) is 3.71. The van der Waals surface area contributed by atoms with Crippen LogP contribution in [0.1, 0.15) is 23.2 Å². The summed E-state index contributed by atoms with van der Waals surface area (Å²) in [5.41, 5.74) is 4.67. The number of hydrogen-bond acceptors (Lipinski definition) is 8. The lowest BCUT2D eigenvalue weighted by Gasteiger charge is -2.18. The van der Waals surface area contributed by atoms with E-state index in [1.165, 1.54) is 51.0 Å². The smallest absolute Gasteiger partial charge is 0.261 e. The van der Waals surface area contributed by atoms with Crippen LogP contribution in [0.25, 0.3) is 10.9 Å². The van der Waals surface area contributed by atoms with Gasteiger partial charge in [-0.3, -0.25) is 19.6 Å². The van der Waals surface area contributed by atoms with Crippen molar-refractivity contribution in [2.45, 2.75) is 18.4 Å². The number of hydrogen-bond donors (Lipinski definition) is 2. The predicted molar refractivity (Wildman–Crippen MR) is 135 cm³/mol. The quantitative estimate of drug-likeness (QED) is 0.322. The van der Waals surface area contributed by atoms with Gasteiger partial charge in [-0.1, -0.05) is 0 Å². The fourth-order valence-corrected chi connectivity index (χ4v) is 3.95. The molecular formula is C27H22F2N4O6. The number of carbonyl (C=O) groups excluding carboxylic acids is 2. The maximum absolute atomic E-state index is 15.0. The van der Waals surface area contributed by atoms with Gasteiger partial charge >= 0.3 is 0 Å². The molecule has 3 N–H and O–H groups in total. The van der Waals surface area contributed by atoms with Crippen molar-refractivity contribution in [2.24, 2.45) is 5.73 Å². The Balaban J connectivity index is 1.45. The number of halogens is 2. The highest BCUT2D eigenvalue weighted by Crippen LogP contribution is 2.45. The lowest BCUT2D eigenvalue weighted by atomic mass is 10.1. The molecule has 1 fully saturated rings. The summed E-state index contributed by atoms with van der Waals surface area (Å²) in [6.07, 6.45) is 5.01. The maximum Gasteiger partial charge on any atom is 0.261 e. The highest BCUT2D eigenvalue weighted by atomic mass is 19.1. The first-order valence-corrected chi connectivity index (χ1v) is 11.7. The van der Waals surface area contributed by atoms with Gasteiger partial charge in [-0.2, -0.15) is 0 Å². The molecule has 0 spiro atoms. The highest BCUT2D eigenvalue weighted by molar-refractivity contribution is 6.06. The van der Waals surface area contributed by atoms with Gasteiger partial charge in [0.05, 0.1) is 25.3 Å². The number of benzene rings is 2. The summed E-state index contributed by atoms with van der Waals surface area (Å²) in [6.45, 7) is 0. The van der Waals surface area contributed by atoms with Crippen LogP contribution >= 0.6 is 0 Å². The Kier molecular flexibility index (Phi) is 6.60. The molecule has 39 heavy (non-hydrogen) atoms. The molecule has 1 saturated carbocycles. The highest BCUT2D eigenvalue weighted by Gasteiger charge is 2.52. The van der Waals surface area contributed by atoms with E-state index in [-0.39, 0.29) is 28.5 Å². The minimum Gasteiger partial charge on any atom is -0.496 e. The number of amides is 2. The van der Waals surface area contributed by atoms with Crippen LogP contribution in [-0.2, 0) is 4.79 Å². The molecule has 2 heterocycles. The Morgan fingerprint density at radius 1 is 0.949 bits per heavy atom. The second kappa shape index (κ2) is 10.0. The Morgan fingerprint density at radius 2 is 1.64 bits per heavy atom. The van der Waals surface area contributed by atoms with E-state index in [1.54, 1.807) is 6.07 Å². The van der Waals surface area contributed by atoms with Crippen LogP contribution in [0.3, 0.4) is 0 Å². The number of rotatable bonds is 9. The van der Waals surface area contributed by atoms with Crippen LogP contribution in [-0.4, -0.2) is 41.6 Å². The molecule has 0 unspecified atom stereocenters. The number of fused-ring (bicyclic) bond motifs is 1. The van der Waals surface area contributed by atoms with Gasteiger partial charge in [0.15, 0.2) is 34.5 Å². The Labute approximate surface area is 220 Å². The summed E-state index contributed by atoms with van der Waals surface area (Å²) in [6, 6.07) is 7.80. The molecule has 0 saturated heterocycles. The number of carbonyl (C=O) groups is 2. The lowest BCUT2D eigenvalue weighted by molar-refractivity contribution is -0.126. The predicted octanol–water partition coefficient (Wildman–Crippen LogP) is 4.37. The molecule has 2 amide bonds. The van der Waals surface area contributed by atoms with E-state index in [1.807, 2.05) is 0 Å². The van der Waals surface area contributed by atoms with Gasteiger partial charge in [0.25, 0.3) is 11.8 Å². The second-order valence-corrected chi connectivity index (χ2v) is 8.69. The van der Waals surface area contributed by atoms with Crippen molar-refractivity contribution in [1.29, 1.82) is 0 Å². The van der Waals surface area contributed by atoms with Crippen LogP contribution in [0, 0.1) is 11.6 Å². The molecule has 0 bridgehead atoms. The van der Waals surface area contributed by atoms with Crippen LogP contribution < -0.4 is 30.0 Å². The average molecular weight is 536 g/mol. The van der Waals surface area contributed by atoms with E-state index in [9.17, 15) is 9.59 Å². The Hall–Kier alpha value is -5.00. The zero-order chi connectivity index (χ0) is 27.7. The number of aromatic nitrogens is 2. The summed E-state index contributed by atoms with van der Waals surface area (Å²) in [5, 5.41) is 2.76. The van der Waals surface area contributed by atoms with E-state index in [4.69, 9.17) is 24.7 Å². The normalized spacial score (nSPS) is 13.4. The maximum atomic E-state index is 15.0. The number of ether oxygens (including phenoxy) is 4. The van der Waals surface area contributed by atoms with Crippen LogP contribution in [0.5, 0.6) is 28.7 Å². The number of methoxy groups -OCH3 is 2. The van der Waals surface area contributed by atoms with Gasteiger partial charge in [0.2, 0.25) is 0 Å². The molecule has 4 aromatic rings. The summed E-state index contributed by atoms with van der Waals surface area (Å²) in [4.78, 5) is 32.6. The molecule has 2 aromatic carbocycles. The van der Waals surface area contributed by atoms with Crippen molar-refractivity contribution in [3.05, 3.63) is 72.2 Å². The largest absolute Gasteiger partial charge is 0.496 e. The van der Waals surface area contributed by atoms with Crippen LogP contribution in [0.4, 0.5) is 14.5 Å². The van der Waals surface area contributed by atoms with Gasteiger partial charge in [0, 0.05) is 60.7 Å². The van der Waals surface area contributed by atoms with Gasteiger partial charge in [-0.25, -0.2) is 8.78 Å². The topological polar surface area (TPSA) is 135 Å². The number of pyridine rings is 2. The Bertz CT molecular complexity index is 1590. The van der Waals surface area contributed by atoms with E-state index in [0.717, 1.165) is 12.1 Å². The van der Waals surface area contributed by atoms with E-state index >= 15 is 8.78 Å². The molecule has 12 heteroatoms. The molecular weight excluding hydrogens is 514 g/mol. The Morgan fingerprint density at radius 3 is 2.28 bits per heavy atom. The zero-order valence-corrected chi connectivity index (χ0v) is 20.8. The first-order valence-electron chi connectivity index (χ1n) is 11.7. The van der Waals surface area contributed by atoms with Gasteiger partial charge in [-0.15, -0.1) is 0 Å². The number of nitrogens with zero attached hydrogens (tertiary/aromatic N) is 2. The molecule has 2 aromatic heterocycles. The van der Waals surface area contributed by atoms with Crippen LogP contribution in [0.15, 0.2) is 55.0 Å². The molecule has 5 rings (SSSR count). The van der Waals surface area contributed by atoms with Gasteiger partial charge in [0.1, 0.15) is 11.5 Å². The fraction of sp³-hybridized carbons (Fsp3) is 0.185. The third-order valence-electron chi connectivity index (χ3n) is 6.16. The number of nitrogens with one attached hydrogen (secondary N) is 1. The molecule has 200 valence electrons. The summed E-state index contributed by atoms with van der Waals surface area (Å²) in [5.74, 6) is -3.31.